The molecule has 0 bridgehead atoms. The fraction of sp³-hybridized carbons (Fsp3) is 0.100. The van der Waals surface area contributed by atoms with Gasteiger partial charge in [0.05, 0.1) is 12.6 Å². The fourth-order valence-electron chi connectivity index (χ4n) is 1.34. The van der Waals surface area contributed by atoms with E-state index in [1.807, 2.05) is 24.3 Å². The topological polar surface area (TPSA) is 42.1 Å². The molecule has 0 atom stereocenters. The molecule has 0 aliphatic heterocycles. The smallest absolute Gasteiger partial charge is 0.252 e. The van der Waals surface area contributed by atoms with Crippen molar-refractivity contribution < 1.29 is 4.74 Å². The van der Waals surface area contributed by atoms with Crippen LogP contribution in [0.3, 0.4) is 0 Å². The van der Waals surface area contributed by atoms with Gasteiger partial charge in [0, 0.05) is 11.5 Å². The first-order valence-corrected chi connectivity index (χ1v) is 3.97. The Morgan fingerprint density at radius 3 is 2.85 bits per heavy atom. The van der Waals surface area contributed by atoms with Crippen molar-refractivity contribution in [1.82, 2.24) is 4.98 Å². The van der Waals surface area contributed by atoms with Crippen LogP contribution < -0.4 is 10.3 Å². The molecule has 0 aliphatic carbocycles. The number of ether oxygens (including phenoxy) is 1. The molecule has 2 rings (SSSR count). The van der Waals surface area contributed by atoms with Gasteiger partial charge >= 0.3 is 0 Å². The van der Waals surface area contributed by atoms with Crippen molar-refractivity contribution in [3.8, 4) is 5.75 Å². The Hall–Kier alpha value is -1.77. The van der Waals surface area contributed by atoms with E-state index in [2.05, 4.69) is 4.98 Å². The molecule has 13 heavy (non-hydrogen) atoms. The minimum absolute atomic E-state index is 0.143. The number of nitrogens with one attached hydrogen (secondary N) is 1. The number of methoxy groups -OCH3 is 1. The van der Waals surface area contributed by atoms with E-state index in [0.29, 0.717) is 5.75 Å². The van der Waals surface area contributed by atoms with Crippen LogP contribution in [-0.4, -0.2) is 12.1 Å². The van der Waals surface area contributed by atoms with Crippen LogP contribution in [0.4, 0.5) is 0 Å². The summed E-state index contributed by atoms with van der Waals surface area (Å²) in [4.78, 5) is 13.9. The number of para-hydroxylation sites is 1. The molecule has 66 valence electrons. The van der Waals surface area contributed by atoms with Crippen molar-refractivity contribution in [3.05, 3.63) is 40.7 Å². The molecule has 0 aliphatic rings. The standard InChI is InChI=1S/C10H9NO2/c1-13-9-6-10(12)11-8-5-3-2-4-7(8)9/h2-6H,1H3,(H,11,12). The van der Waals surface area contributed by atoms with Crippen LogP contribution in [0.25, 0.3) is 10.9 Å². The van der Waals surface area contributed by atoms with Gasteiger partial charge in [-0.15, -0.1) is 0 Å². The number of rotatable bonds is 1. The maximum atomic E-state index is 11.1. The van der Waals surface area contributed by atoms with Crippen molar-refractivity contribution in [3.63, 3.8) is 0 Å². The van der Waals surface area contributed by atoms with Crippen molar-refractivity contribution in [2.24, 2.45) is 0 Å². The number of H-pyrrole nitrogens is 1. The lowest BCUT2D eigenvalue weighted by atomic mass is 10.2. The van der Waals surface area contributed by atoms with Crippen molar-refractivity contribution in [2.75, 3.05) is 7.11 Å². The van der Waals surface area contributed by atoms with E-state index >= 15 is 0 Å². The number of aromatic nitrogens is 1. The van der Waals surface area contributed by atoms with Crippen molar-refractivity contribution in [2.45, 2.75) is 0 Å². The van der Waals surface area contributed by atoms with E-state index in [1.54, 1.807) is 7.11 Å². The highest BCUT2D eigenvalue weighted by Gasteiger charge is 2.00. The number of aromatic amines is 1. The van der Waals surface area contributed by atoms with Gasteiger partial charge in [-0.05, 0) is 12.1 Å². The van der Waals surface area contributed by atoms with Gasteiger partial charge in [0.15, 0.2) is 0 Å². The van der Waals surface area contributed by atoms with E-state index in [-0.39, 0.29) is 5.56 Å². The van der Waals surface area contributed by atoms with E-state index < -0.39 is 0 Å². The molecular formula is C10H9NO2. The first-order valence-electron chi connectivity index (χ1n) is 3.97. The zero-order valence-corrected chi connectivity index (χ0v) is 7.20. The Labute approximate surface area is 75.0 Å². The summed E-state index contributed by atoms with van der Waals surface area (Å²) in [6.07, 6.45) is 0. The van der Waals surface area contributed by atoms with E-state index in [9.17, 15) is 4.79 Å². The van der Waals surface area contributed by atoms with Crippen LogP contribution >= 0.6 is 0 Å². The van der Waals surface area contributed by atoms with E-state index in [0.717, 1.165) is 10.9 Å². The average molecular weight is 175 g/mol. The molecular weight excluding hydrogens is 166 g/mol. The summed E-state index contributed by atoms with van der Waals surface area (Å²) < 4.78 is 5.09. The third kappa shape index (κ3) is 1.28. The molecule has 0 fully saturated rings. The highest BCUT2D eigenvalue weighted by molar-refractivity contribution is 5.84. The van der Waals surface area contributed by atoms with Gasteiger partial charge < -0.3 is 9.72 Å². The Balaban J connectivity index is 2.89. The zero-order valence-electron chi connectivity index (χ0n) is 7.20. The Morgan fingerprint density at radius 2 is 2.08 bits per heavy atom. The number of hydrogen-bond acceptors (Lipinski definition) is 2. The normalized spacial score (nSPS) is 10.2. The van der Waals surface area contributed by atoms with Crippen LogP contribution in [0.5, 0.6) is 5.75 Å². The predicted molar refractivity (Wildman–Crippen MR) is 51.1 cm³/mol. The molecule has 0 spiro atoms. The molecule has 2 aromatic rings. The molecule has 1 aromatic heterocycles. The molecule has 0 amide bonds. The molecule has 1 aromatic carbocycles. The summed E-state index contributed by atoms with van der Waals surface area (Å²) in [6, 6.07) is 8.98. The van der Waals surface area contributed by atoms with Crippen molar-refractivity contribution in [1.29, 1.82) is 0 Å². The van der Waals surface area contributed by atoms with Gasteiger partial charge in [-0.3, -0.25) is 4.79 Å². The van der Waals surface area contributed by atoms with Crippen LogP contribution in [-0.2, 0) is 0 Å². The van der Waals surface area contributed by atoms with Crippen molar-refractivity contribution >= 4 is 10.9 Å². The third-order valence-corrected chi connectivity index (χ3v) is 1.93. The van der Waals surface area contributed by atoms with Gasteiger partial charge in [-0.25, -0.2) is 0 Å². The maximum absolute atomic E-state index is 11.1. The molecule has 1 N–H and O–H groups in total. The summed E-state index contributed by atoms with van der Waals surface area (Å²) >= 11 is 0. The monoisotopic (exact) mass is 175 g/mol. The lowest BCUT2D eigenvalue weighted by Gasteiger charge is -2.03. The molecule has 0 unspecified atom stereocenters. The van der Waals surface area contributed by atoms with Gasteiger partial charge in [0.1, 0.15) is 5.75 Å². The minimum atomic E-state index is -0.143. The Morgan fingerprint density at radius 1 is 1.31 bits per heavy atom. The second kappa shape index (κ2) is 2.94. The van der Waals surface area contributed by atoms with Gasteiger partial charge in [0.2, 0.25) is 0 Å². The molecule has 0 saturated heterocycles. The average Bonchev–Trinajstić information content (AvgIpc) is 2.16. The van der Waals surface area contributed by atoms with Gasteiger partial charge in [-0.1, -0.05) is 12.1 Å². The lowest BCUT2D eigenvalue weighted by Crippen LogP contribution is -2.04. The fourth-order valence-corrected chi connectivity index (χ4v) is 1.34. The molecule has 3 nitrogen and oxygen atoms in total. The number of hydrogen-bond donors (Lipinski definition) is 1. The highest BCUT2D eigenvalue weighted by Crippen LogP contribution is 2.20. The largest absolute Gasteiger partial charge is 0.496 e. The third-order valence-electron chi connectivity index (χ3n) is 1.93. The number of benzene rings is 1. The quantitative estimate of drug-likeness (QED) is 0.714. The number of pyridine rings is 1. The Bertz CT molecular complexity index is 487. The second-order valence-corrected chi connectivity index (χ2v) is 2.75. The summed E-state index contributed by atoms with van der Waals surface area (Å²) in [5, 5.41) is 0.921. The van der Waals surface area contributed by atoms with Crippen LogP contribution in [0.2, 0.25) is 0 Å². The lowest BCUT2D eigenvalue weighted by molar-refractivity contribution is 0.419. The van der Waals surface area contributed by atoms with Crippen LogP contribution in [0, 0.1) is 0 Å². The summed E-state index contributed by atoms with van der Waals surface area (Å²) in [5.74, 6) is 0.611. The van der Waals surface area contributed by atoms with Crippen LogP contribution in [0.15, 0.2) is 35.1 Å². The zero-order chi connectivity index (χ0) is 9.26. The Kier molecular flexibility index (Phi) is 1.77. The van der Waals surface area contributed by atoms with Crippen LogP contribution in [0.1, 0.15) is 0 Å². The first kappa shape index (κ1) is 7.86. The summed E-state index contributed by atoms with van der Waals surface area (Å²) in [6.45, 7) is 0. The molecule has 3 heteroatoms. The second-order valence-electron chi connectivity index (χ2n) is 2.75. The highest BCUT2D eigenvalue weighted by atomic mass is 16.5. The minimum Gasteiger partial charge on any atom is -0.496 e. The molecule has 0 radical (unpaired) electrons. The van der Waals surface area contributed by atoms with E-state index in [1.165, 1.54) is 6.07 Å². The predicted octanol–water partition coefficient (Wildman–Crippen LogP) is 1.54. The molecule has 1 heterocycles. The summed E-state index contributed by atoms with van der Waals surface area (Å²) in [5.41, 5.74) is 0.655. The SMILES string of the molecule is COc1cc(=O)[nH]c2ccccc12. The van der Waals surface area contributed by atoms with Gasteiger partial charge in [-0.2, -0.15) is 0 Å². The summed E-state index contributed by atoms with van der Waals surface area (Å²) in [7, 11) is 1.56. The maximum Gasteiger partial charge on any atom is 0.252 e. The number of fused-ring (bicyclic) bond motifs is 1. The first-order chi connectivity index (χ1) is 6.31. The van der Waals surface area contributed by atoms with Gasteiger partial charge in [0.25, 0.3) is 5.56 Å². The van der Waals surface area contributed by atoms with E-state index in [4.69, 9.17) is 4.74 Å². The molecule has 0 saturated carbocycles.